The Morgan fingerprint density at radius 1 is 1.50 bits per heavy atom. The van der Waals surface area contributed by atoms with Crippen LogP contribution < -0.4 is 10.6 Å². The molecule has 2 aliphatic rings. The normalized spacial score (nSPS) is 35.0. The molecule has 2 atom stereocenters. The second kappa shape index (κ2) is 3.87. The quantitative estimate of drug-likeness (QED) is 0.705. The van der Waals surface area contributed by atoms with Gasteiger partial charge in [-0.2, -0.15) is 0 Å². The van der Waals surface area contributed by atoms with Crippen LogP contribution >= 0.6 is 23.2 Å². The number of carbonyl (C=O) groups is 1. The summed E-state index contributed by atoms with van der Waals surface area (Å²) in [7, 11) is 0. The molecule has 2 rings (SSSR count). The Morgan fingerprint density at radius 3 is 2.71 bits per heavy atom. The number of amides is 1. The van der Waals surface area contributed by atoms with Crippen molar-refractivity contribution < 1.29 is 4.79 Å². The van der Waals surface area contributed by atoms with Crippen LogP contribution in [0.3, 0.4) is 0 Å². The van der Waals surface area contributed by atoms with Crippen LogP contribution in [0.2, 0.25) is 0 Å². The van der Waals surface area contributed by atoms with Gasteiger partial charge in [0.05, 0.1) is 5.92 Å². The average molecular weight is 237 g/mol. The first-order valence-corrected chi connectivity index (χ1v) is 5.74. The molecule has 0 bridgehead atoms. The minimum Gasteiger partial charge on any atom is -0.352 e. The molecular formula is C9H14Cl2N2O. The number of alkyl halides is 2. The molecule has 1 aliphatic carbocycles. The fourth-order valence-electron chi connectivity index (χ4n) is 1.77. The molecule has 5 heteroatoms. The lowest BCUT2D eigenvalue weighted by Gasteiger charge is -2.23. The highest BCUT2D eigenvalue weighted by atomic mass is 35.5. The molecule has 1 amide bonds. The van der Waals surface area contributed by atoms with E-state index < -0.39 is 4.33 Å². The molecule has 2 fully saturated rings. The molecule has 1 saturated carbocycles. The first-order valence-electron chi connectivity index (χ1n) is 4.98. The van der Waals surface area contributed by atoms with Crippen molar-refractivity contribution in [2.45, 2.75) is 29.6 Å². The van der Waals surface area contributed by atoms with Crippen LogP contribution in [-0.2, 0) is 4.79 Å². The molecule has 2 N–H and O–H groups in total. The van der Waals surface area contributed by atoms with Crippen molar-refractivity contribution in [2.24, 2.45) is 5.92 Å². The van der Waals surface area contributed by atoms with Gasteiger partial charge < -0.3 is 10.6 Å². The molecule has 1 aliphatic heterocycles. The van der Waals surface area contributed by atoms with Gasteiger partial charge in [0.25, 0.3) is 0 Å². The van der Waals surface area contributed by atoms with E-state index in [-0.39, 0.29) is 17.9 Å². The van der Waals surface area contributed by atoms with E-state index in [2.05, 4.69) is 10.6 Å². The van der Waals surface area contributed by atoms with Crippen molar-refractivity contribution in [2.75, 3.05) is 13.1 Å². The first-order chi connectivity index (χ1) is 6.59. The zero-order valence-electron chi connectivity index (χ0n) is 7.85. The summed E-state index contributed by atoms with van der Waals surface area (Å²) in [6.45, 7) is 1.90. The minimum atomic E-state index is -0.799. The minimum absolute atomic E-state index is 0.00343. The van der Waals surface area contributed by atoms with Crippen LogP contribution in [0, 0.1) is 5.92 Å². The predicted octanol–water partition coefficient (Wildman–Crippen LogP) is 1.05. The van der Waals surface area contributed by atoms with E-state index in [4.69, 9.17) is 23.2 Å². The zero-order chi connectivity index (χ0) is 10.2. The van der Waals surface area contributed by atoms with Crippen molar-refractivity contribution in [1.82, 2.24) is 10.6 Å². The largest absolute Gasteiger partial charge is 0.352 e. The Morgan fingerprint density at radius 2 is 2.21 bits per heavy atom. The topological polar surface area (TPSA) is 41.1 Å². The third-order valence-electron chi connectivity index (χ3n) is 2.79. The summed E-state index contributed by atoms with van der Waals surface area (Å²) in [5.41, 5.74) is 0. The molecule has 0 radical (unpaired) electrons. The van der Waals surface area contributed by atoms with E-state index in [1.54, 1.807) is 0 Å². The standard InChI is InChI=1S/C9H14Cl2N2O/c10-9(11)4-7(9)8(14)13-6-2-1-3-12-5-6/h6-7,12H,1-5H2,(H,13,14)/t6-,7?/m1/s1. The van der Waals surface area contributed by atoms with Gasteiger partial charge in [-0.1, -0.05) is 0 Å². The fourth-order valence-corrected chi connectivity index (χ4v) is 2.28. The molecule has 0 aromatic rings. The van der Waals surface area contributed by atoms with Gasteiger partial charge >= 0.3 is 0 Å². The molecule has 1 heterocycles. The van der Waals surface area contributed by atoms with E-state index in [1.807, 2.05) is 0 Å². The van der Waals surface area contributed by atoms with E-state index in [9.17, 15) is 4.79 Å². The summed E-state index contributed by atoms with van der Waals surface area (Å²) in [4.78, 5) is 11.6. The zero-order valence-corrected chi connectivity index (χ0v) is 9.37. The van der Waals surface area contributed by atoms with Gasteiger partial charge in [-0.3, -0.25) is 4.79 Å². The fraction of sp³-hybridized carbons (Fsp3) is 0.889. The number of nitrogens with one attached hydrogen (secondary N) is 2. The lowest BCUT2D eigenvalue weighted by molar-refractivity contribution is -0.123. The van der Waals surface area contributed by atoms with E-state index in [1.165, 1.54) is 0 Å². The number of carbonyl (C=O) groups excluding carboxylic acids is 1. The van der Waals surface area contributed by atoms with Gasteiger partial charge in [0.15, 0.2) is 0 Å². The maximum absolute atomic E-state index is 11.6. The highest BCUT2D eigenvalue weighted by molar-refractivity contribution is 6.52. The summed E-state index contributed by atoms with van der Waals surface area (Å²) in [6.07, 6.45) is 2.74. The number of rotatable bonds is 2. The molecule has 1 unspecified atom stereocenters. The van der Waals surface area contributed by atoms with Crippen molar-refractivity contribution in [1.29, 1.82) is 0 Å². The summed E-state index contributed by atoms with van der Waals surface area (Å²) in [6, 6.07) is 0.251. The Kier molecular flexibility index (Phi) is 2.91. The second-order valence-electron chi connectivity index (χ2n) is 4.07. The van der Waals surface area contributed by atoms with Crippen molar-refractivity contribution in [3.05, 3.63) is 0 Å². The van der Waals surface area contributed by atoms with Crippen LogP contribution in [0.1, 0.15) is 19.3 Å². The summed E-state index contributed by atoms with van der Waals surface area (Å²) >= 11 is 11.6. The maximum atomic E-state index is 11.6. The molecule has 1 saturated heterocycles. The van der Waals surface area contributed by atoms with Crippen LogP contribution in [0.15, 0.2) is 0 Å². The van der Waals surface area contributed by atoms with Crippen molar-refractivity contribution in [3.63, 3.8) is 0 Å². The van der Waals surface area contributed by atoms with Crippen LogP contribution in [0.25, 0.3) is 0 Å². The van der Waals surface area contributed by atoms with Gasteiger partial charge in [-0.15, -0.1) is 23.2 Å². The number of hydrogen-bond acceptors (Lipinski definition) is 2. The lowest BCUT2D eigenvalue weighted by atomic mass is 10.1. The average Bonchev–Trinajstić information content (AvgIpc) is 2.77. The molecule has 0 spiro atoms. The Balaban J connectivity index is 1.77. The Bertz CT molecular complexity index is 239. The summed E-state index contributed by atoms with van der Waals surface area (Å²) in [5, 5.41) is 6.21. The van der Waals surface area contributed by atoms with Gasteiger partial charge in [0, 0.05) is 12.6 Å². The maximum Gasteiger partial charge on any atom is 0.226 e. The van der Waals surface area contributed by atoms with E-state index >= 15 is 0 Å². The SMILES string of the molecule is O=C(N[C@@H]1CCCNC1)C1CC1(Cl)Cl. The van der Waals surface area contributed by atoms with Crippen LogP contribution in [0.5, 0.6) is 0 Å². The molecule has 14 heavy (non-hydrogen) atoms. The van der Waals surface area contributed by atoms with Gasteiger partial charge in [-0.05, 0) is 25.8 Å². The van der Waals surface area contributed by atoms with Gasteiger partial charge in [-0.25, -0.2) is 0 Å². The number of hydrogen-bond donors (Lipinski definition) is 2. The van der Waals surface area contributed by atoms with E-state index in [0.717, 1.165) is 25.9 Å². The Hall–Kier alpha value is 0.01000. The van der Waals surface area contributed by atoms with Crippen molar-refractivity contribution in [3.8, 4) is 0 Å². The highest BCUT2D eigenvalue weighted by Gasteiger charge is 2.56. The highest BCUT2D eigenvalue weighted by Crippen LogP contribution is 2.53. The Labute approximate surface area is 93.5 Å². The van der Waals surface area contributed by atoms with Crippen LogP contribution in [0.4, 0.5) is 0 Å². The summed E-state index contributed by atoms with van der Waals surface area (Å²) < 4.78 is -0.799. The monoisotopic (exact) mass is 236 g/mol. The summed E-state index contributed by atoms with van der Waals surface area (Å²) in [5.74, 6) is -0.198. The van der Waals surface area contributed by atoms with Crippen LogP contribution in [-0.4, -0.2) is 29.4 Å². The third-order valence-corrected chi connectivity index (χ3v) is 3.62. The second-order valence-corrected chi connectivity index (χ2v) is 5.61. The molecule has 3 nitrogen and oxygen atoms in total. The number of piperidine rings is 1. The molecule has 0 aromatic heterocycles. The molecular weight excluding hydrogens is 223 g/mol. The predicted molar refractivity (Wildman–Crippen MR) is 56.6 cm³/mol. The third kappa shape index (κ3) is 2.33. The van der Waals surface area contributed by atoms with Crippen molar-refractivity contribution >= 4 is 29.1 Å². The molecule has 0 aromatic carbocycles. The lowest BCUT2D eigenvalue weighted by Crippen LogP contribution is -2.46. The van der Waals surface area contributed by atoms with E-state index in [0.29, 0.717) is 6.42 Å². The van der Waals surface area contributed by atoms with Gasteiger partial charge in [0.2, 0.25) is 5.91 Å². The smallest absolute Gasteiger partial charge is 0.226 e. The number of halogens is 2. The first kappa shape index (κ1) is 10.5. The van der Waals surface area contributed by atoms with Gasteiger partial charge in [0.1, 0.15) is 4.33 Å². The molecule has 80 valence electrons.